The second-order valence-corrected chi connectivity index (χ2v) is 9.97. The Balaban J connectivity index is 1.56. The van der Waals surface area contributed by atoms with Crippen LogP contribution in [0.2, 0.25) is 0 Å². The second-order valence-electron chi connectivity index (χ2n) is 9.97. The standard InChI is InChI=1S/C31H34FN3O2/c1-22(2)19-35(31(37)27-9-4-6-10-28(27)32)21-30(36)34(20-24-14-12-23(3)13-15-24)17-16-25-18-33-29-11-7-5-8-26(25)29/h4-15,18,22,33H,16-17,19-21H2,1-3H3. The van der Waals surface area contributed by atoms with Gasteiger partial charge in [-0.05, 0) is 48.6 Å². The van der Waals surface area contributed by atoms with Crippen molar-refractivity contribution in [2.45, 2.75) is 33.7 Å². The zero-order valence-corrected chi connectivity index (χ0v) is 21.7. The number of carbonyl (C=O) groups excluding carboxylic acids is 2. The maximum atomic E-state index is 14.4. The normalized spacial score (nSPS) is 11.2. The van der Waals surface area contributed by atoms with Gasteiger partial charge in [0.15, 0.2) is 0 Å². The van der Waals surface area contributed by atoms with Gasteiger partial charge in [-0.25, -0.2) is 4.39 Å². The summed E-state index contributed by atoms with van der Waals surface area (Å²) in [4.78, 5) is 33.5. The van der Waals surface area contributed by atoms with Crippen LogP contribution >= 0.6 is 0 Å². The molecule has 0 aliphatic carbocycles. The summed E-state index contributed by atoms with van der Waals surface area (Å²) in [7, 11) is 0. The zero-order valence-electron chi connectivity index (χ0n) is 21.7. The number of fused-ring (bicyclic) bond motifs is 1. The van der Waals surface area contributed by atoms with Gasteiger partial charge in [0.2, 0.25) is 5.91 Å². The van der Waals surface area contributed by atoms with Crippen molar-refractivity contribution in [3.05, 3.63) is 107 Å². The Labute approximate surface area is 217 Å². The van der Waals surface area contributed by atoms with Gasteiger partial charge >= 0.3 is 0 Å². The fourth-order valence-electron chi connectivity index (χ4n) is 4.53. The van der Waals surface area contributed by atoms with Crippen molar-refractivity contribution in [3.8, 4) is 0 Å². The van der Waals surface area contributed by atoms with E-state index in [2.05, 4.69) is 11.1 Å². The van der Waals surface area contributed by atoms with Gasteiger partial charge in [0.25, 0.3) is 5.91 Å². The Hall–Kier alpha value is -3.93. The third-order valence-corrected chi connectivity index (χ3v) is 6.48. The number of H-pyrrole nitrogens is 1. The maximum absolute atomic E-state index is 14.4. The molecule has 3 aromatic carbocycles. The summed E-state index contributed by atoms with van der Waals surface area (Å²) < 4.78 is 14.4. The van der Waals surface area contributed by atoms with Crippen LogP contribution in [0.5, 0.6) is 0 Å². The van der Waals surface area contributed by atoms with E-state index in [0.29, 0.717) is 26.1 Å². The van der Waals surface area contributed by atoms with Gasteiger partial charge < -0.3 is 14.8 Å². The number of aromatic amines is 1. The fraction of sp³-hybridized carbons (Fsp3) is 0.290. The average molecular weight is 500 g/mol. The molecule has 0 unspecified atom stereocenters. The molecule has 1 aromatic heterocycles. The van der Waals surface area contributed by atoms with Crippen molar-refractivity contribution in [2.75, 3.05) is 19.6 Å². The number of carbonyl (C=O) groups is 2. The number of hydrogen-bond acceptors (Lipinski definition) is 2. The summed E-state index contributed by atoms with van der Waals surface area (Å²) >= 11 is 0. The van der Waals surface area contributed by atoms with Crippen molar-refractivity contribution < 1.29 is 14.0 Å². The molecule has 5 nitrogen and oxygen atoms in total. The van der Waals surface area contributed by atoms with E-state index in [9.17, 15) is 14.0 Å². The van der Waals surface area contributed by atoms with E-state index in [1.807, 2.05) is 69.4 Å². The highest BCUT2D eigenvalue weighted by atomic mass is 19.1. The van der Waals surface area contributed by atoms with Crippen LogP contribution < -0.4 is 0 Å². The third kappa shape index (κ3) is 6.64. The molecule has 1 heterocycles. The summed E-state index contributed by atoms with van der Waals surface area (Å²) in [5, 5.41) is 1.14. The van der Waals surface area contributed by atoms with Crippen LogP contribution in [-0.2, 0) is 17.8 Å². The summed E-state index contributed by atoms with van der Waals surface area (Å²) in [5.41, 5.74) is 4.36. The quantitative estimate of drug-likeness (QED) is 0.292. The van der Waals surface area contributed by atoms with E-state index in [-0.39, 0.29) is 23.9 Å². The summed E-state index contributed by atoms with van der Waals surface area (Å²) in [6.07, 6.45) is 2.67. The van der Waals surface area contributed by atoms with Gasteiger partial charge in [-0.1, -0.05) is 74.0 Å². The Bertz CT molecular complexity index is 1360. The van der Waals surface area contributed by atoms with Crippen molar-refractivity contribution in [3.63, 3.8) is 0 Å². The average Bonchev–Trinajstić information content (AvgIpc) is 3.30. The first-order valence-electron chi connectivity index (χ1n) is 12.7. The Kier molecular flexibility index (Phi) is 8.39. The summed E-state index contributed by atoms with van der Waals surface area (Å²) in [5.74, 6) is -1.08. The largest absolute Gasteiger partial charge is 0.361 e. The minimum absolute atomic E-state index is 0.0140. The molecular weight excluding hydrogens is 465 g/mol. The molecule has 6 heteroatoms. The maximum Gasteiger partial charge on any atom is 0.257 e. The topological polar surface area (TPSA) is 56.4 Å². The van der Waals surface area contributed by atoms with E-state index in [1.165, 1.54) is 17.0 Å². The number of para-hydroxylation sites is 1. The number of hydrogen-bond donors (Lipinski definition) is 1. The monoisotopic (exact) mass is 499 g/mol. The Morgan fingerprint density at radius 2 is 1.62 bits per heavy atom. The predicted molar refractivity (Wildman–Crippen MR) is 146 cm³/mol. The van der Waals surface area contributed by atoms with Crippen molar-refractivity contribution in [2.24, 2.45) is 5.92 Å². The molecule has 4 aromatic rings. The molecule has 0 radical (unpaired) electrons. The van der Waals surface area contributed by atoms with Gasteiger partial charge in [0.05, 0.1) is 5.56 Å². The molecule has 0 spiro atoms. The van der Waals surface area contributed by atoms with Crippen LogP contribution in [0, 0.1) is 18.7 Å². The molecule has 37 heavy (non-hydrogen) atoms. The summed E-state index contributed by atoms with van der Waals surface area (Å²) in [6.45, 7) is 7.18. The van der Waals surface area contributed by atoms with Crippen LogP contribution in [0.25, 0.3) is 10.9 Å². The SMILES string of the molecule is Cc1ccc(CN(CCc2c[nH]c3ccccc23)C(=O)CN(CC(C)C)C(=O)c2ccccc2F)cc1. The predicted octanol–water partition coefficient (Wildman–Crippen LogP) is 5.99. The zero-order chi connectivity index (χ0) is 26.4. The lowest BCUT2D eigenvalue weighted by Crippen LogP contribution is -2.44. The number of nitrogens with one attached hydrogen (secondary N) is 1. The Morgan fingerprint density at radius 3 is 2.35 bits per heavy atom. The molecule has 0 saturated heterocycles. The second kappa shape index (κ2) is 11.9. The van der Waals surface area contributed by atoms with E-state index in [1.54, 1.807) is 17.0 Å². The fourth-order valence-corrected chi connectivity index (χ4v) is 4.53. The smallest absolute Gasteiger partial charge is 0.257 e. The molecule has 2 amide bonds. The molecule has 0 atom stereocenters. The number of halogens is 1. The van der Waals surface area contributed by atoms with Crippen LogP contribution in [0.15, 0.2) is 79.0 Å². The van der Waals surface area contributed by atoms with Crippen molar-refractivity contribution in [1.82, 2.24) is 14.8 Å². The van der Waals surface area contributed by atoms with E-state index in [4.69, 9.17) is 0 Å². The highest BCUT2D eigenvalue weighted by Gasteiger charge is 2.25. The molecule has 192 valence electrons. The highest BCUT2D eigenvalue weighted by molar-refractivity contribution is 5.96. The molecule has 0 fully saturated rings. The van der Waals surface area contributed by atoms with Crippen LogP contribution in [0.1, 0.15) is 40.9 Å². The lowest BCUT2D eigenvalue weighted by atomic mass is 10.1. The highest BCUT2D eigenvalue weighted by Crippen LogP contribution is 2.19. The number of nitrogens with zero attached hydrogens (tertiary/aromatic N) is 2. The first kappa shape index (κ1) is 26.1. The Morgan fingerprint density at radius 1 is 0.919 bits per heavy atom. The first-order valence-corrected chi connectivity index (χ1v) is 12.7. The number of amides is 2. The first-order chi connectivity index (χ1) is 17.8. The van der Waals surface area contributed by atoms with Gasteiger partial charge in [0, 0.05) is 36.7 Å². The van der Waals surface area contributed by atoms with Crippen LogP contribution in [0.4, 0.5) is 4.39 Å². The van der Waals surface area contributed by atoms with Gasteiger partial charge in [0.1, 0.15) is 12.4 Å². The van der Waals surface area contributed by atoms with E-state index in [0.717, 1.165) is 27.6 Å². The molecule has 4 rings (SSSR count). The van der Waals surface area contributed by atoms with Gasteiger partial charge in [-0.15, -0.1) is 0 Å². The van der Waals surface area contributed by atoms with Gasteiger partial charge in [-0.3, -0.25) is 9.59 Å². The molecular formula is C31H34FN3O2. The number of rotatable bonds is 10. The summed E-state index contributed by atoms with van der Waals surface area (Å²) in [6, 6.07) is 22.2. The van der Waals surface area contributed by atoms with Crippen molar-refractivity contribution in [1.29, 1.82) is 0 Å². The minimum Gasteiger partial charge on any atom is -0.361 e. The van der Waals surface area contributed by atoms with E-state index < -0.39 is 11.7 Å². The lowest BCUT2D eigenvalue weighted by Gasteiger charge is -2.29. The van der Waals surface area contributed by atoms with Crippen molar-refractivity contribution >= 4 is 22.7 Å². The number of aromatic nitrogens is 1. The van der Waals surface area contributed by atoms with E-state index >= 15 is 0 Å². The molecule has 0 saturated carbocycles. The molecule has 1 N–H and O–H groups in total. The number of aryl methyl sites for hydroxylation is 1. The molecule has 0 aliphatic rings. The van der Waals surface area contributed by atoms with Gasteiger partial charge in [-0.2, -0.15) is 0 Å². The molecule has 0 bridgehead atoms. The third-order valence-electron chi connectivity index (χ3n) is 6.48. The minimum atomic E-state index is -0.579. The molecule has 0 aliphatic heterocycles. The number of benzene rings is 3. The van der Waals surface area contributed by atoms with Crippen LogP contribution in [-0.4, -0.2) is 46.2 Å². The lowest BCUT2D eigenvalue weighted by molar-refractivity contribution is -0.132. The van der Waals surface area contributed by atoms with Crippen LogP contribution in [0.3, 0.4) is 0 Å².